The monoisotopic (exact) mass is 1220 g/mol. The topological polar surface area (TPSA) is 0 Å². The summed E-state index contributed by atoms with van der Waals surface area (Å²) < 4.78 is 0. The Balaban J connectivity index is 0.000000121. The van der Waals surface area contributed by atoms with Gasteiger partial charge in [0.1, 0.15) is 0 Å². The first-order chi connectivity index (χ1) is 46.7. The summed E-state index contributed by atoms with van der Waals surface area (Å²) in [6.45, 7) is 10.7. The summed E-state index contributed by atoms with van der Waals surface area (Å²) >= 11 is 0. The van der Waals surface area contributed by atoms with Gasteiger partial charge in [0.15, 0.2) is 0 Å². The molecule has 15 aromatic rings. The van der Waals surface area contributed by atoms with Crippen molar-refractivity contribution in [1.82, 2.24) is 0 Å². The van der Waals surface area contributed by atoms with Gasteiger partial charge in [-0.3, -0.25) is 0 Å². The van der Waals surface area contributed by atoms with Gasteiger partial charge < -0.3 is 0 Å². The van der Waals surface area contributed by atoms with Crippen LogP contribution >= 0.6 is 0 Å². The van der Waals surface area contributed by atoms with E-state index in [1.165, 1.54) is 139 Å². The van der Waals surface area contributed by atoms with Crippen molar-refractivity contribution in [2.24, 2.45) is 0 Å². The van der Waals surface area contributed by atoms with E-state index in [-0.39, 0.29) is 0 Å². The van der Waals surface area contributed by atoms with Crippen LogP contribution in [0.3, 0.4) is 0 Å². The Morgan fingerprint density at radius 1 is 0.116 bits per heavy atom. The zero-order valence-corrected chi connectivity index (χ0v) is 55.0. The molecule has 0 N–H and O–H groups in total. The summed E-state index contributed by atoms with van der Waals surface area (Å²) in [7, 11) is 0. The van der Waals surface area contributed by atoms with Gasteiger partial charge in [0.05, 0.1) is 0 Å². The molecule has 0 atom stereocenters. The SMILES string of the molecule is Cc1cc(-c2ccccc2)cc(-c2ccccc2)c1.Cc1ccc(-c2ccccc2)cc1-c1ccccc1.Cc1ccc(-c2ccccc2-c2ccccc2)cc1.Cc1cccc(-c2ccccc2-c2ccccc2)c1.Cc1ccccc1-c1ccccc1-c1ccccc1. The molecule has 0 fully saturated rings. The van der Waals surface area contributed by atoms with E-state index in [4.69, 9.17) is 0 Å². The molecule has 0 heterocycles. The van der Waals surface area contributed by atoms with Crippen LogP contribution in [-0.2, 0) is 0 Å². The van der Waals surface area contributed by atoms with E-state index in [1.54, 1.807) is 0 Å². The Kier molecular flexibility index (Phi) is 22.5. The van der Waals surface area contributed by atoms with Gasteiger partial charge in [-0.05, 0) is 175 Å². The quantitative estimate of drug-likeness (QED) is 0.128. The molecule has 0 nitrogen and oxygen atoms in total. The van der Waals surface area contributed by atoms with Crippen molar-refractivity contribution < 1.29 is 0 Å². The highest BCUT2D eigenvalue weighted by Crippen LogP contribution is 2.37. The fourth-order valence-corrected chi connectivity index (χ4v) is 12.0. The first kappa shape index (κ1) is 64.8. The molecule has 15 rings (SSSR count). The van der Waals surface area contributed by atoms with Gasteiger partial charge in [-0.2, -0.15) is 0 Å². The number of benzene rings is 15. The molecule has 0 aromatic heterocycles. The van der Waals surface area contributed by atoms with Crippen molar-refractivity contribution in [3.8, 4) is 111 Å². The maximum Gasteiger partial charge on any atom is -0.0103 e. The van der Waals surface area contributed by atoms with Gasteiger partial charge in [-0.25, -0.2) is 0 Å². The molecule has 0 bridgehead atoms. The first-order valence-corrected chi connectivity index (χ1v) is 32.8. The van der Waals surface area contributed by atoms with Crippen molar-refractivity contribution >= 4 is 0 Å². The average molecular weight is 1220 g/mol. The smallest absolute Gasteiger partial charge is 0.0103 e. The lowest BCUT2D eigenvalue weighted by atomic mass is 9.92. The van der Waals surface area contributed by atoms with Gasteiger partial charge in [0, 0.05) is 0 Å². The second kappa shape index (κ2) is 33.0. The summed E-state index contributed by atoms with van der Waals surface area (Å²) in [6, 6.07) is 139. The van der Waals surface area contributed by atoms with Crippen LogP contribution in [0.25, 0.3) is 111 Å². The van der Waals surface area contributed by atoms with E-state index in [0.717, 1.165) is 0 Å². The molecule has 0 saturated carbocycles. The highest BCUT2D eigenvalue weighted by molar-refractivity contribution is 5.87. The van der Waals surface area contributed by atoms with Gasteiger partial charge in [-0.15, -0.1) is 0 Å². The van der Waals surface area contributed by atoms with Crippen molar-refractivity contribution in [2.45, 2.75) is 34.6 Å². The van der Waals surface area contributed by atoms with E-state index in [0.29, 0.717) is 0 Å². The molecular weight excluding hydrogens is 1140 g/mol. The van der Waals surface area contributed by atoms with Crippen LogP contribution in [0.5, 0.6) is 0 Å². The van der Waals surface area contributed by atoms with E-state index >= 15 is 0 Å². The van der Waals surface area contributed by atoms with Crippen LogP contribution in [-0.4, -0.2) is 0 Å². The van der Waals surface area contributed by atoms with E-state index in [9.17, 15) is 0 Å². The van der Waals surface area contributed by atoms with Gasteiger partial charge in [-0.1, -0.05) is 393 Å². The second-order valence-electron chi connectivity index (χ2n) is 23.9. The Bertz CT molecular complexity index is 4740. The van der Waals surface area contributed by atoms with E-state index in [1.807, 2.05) is 0 Å². The molecule has 0 heteroatoms. The molecule has 0 aliphatic heterocycles. The van der Waals surface area contributed by atoms with Crippen LogP contribution in [0.4, 0.5) is 0 Å². The maximum atomic E-state index is 2.28. The minimum atomic E-state index is 1.26. The summed E-state index contributed by atoms with van der Waals surface area (Å²) in [5.41, 5.74) is 32.1. The predicted octanol–water partition coefficient (Wildman–Crippen LogP) is 26.6. The third kappa shape index (κ3) is 17.7. The van der Waals surface area contributed by atoms with E-state index < -0.39 is 0 Å². The minimum Gasteiger partial charge on any atom is -0.0622 e. The molecule has 0 radical (unpaired) electrons. The fourth-order valence-electron chi connectivity index (χ4n) is 12.0. The lowest BCUT2D eigenvalue weighted by Gasteiger charge is -2.12. The molecular formula is C95H80. The van der Waals surface area contributed by atoms with Crippen LogP contribution < -0.4 is 0 Å². The summed E-state index contributed by atoms with van der Waals surface area (Å²) in [4.78, 5) is 0. The van der Waals surface area contributed by atoms with Crippen LogP contribution in [0.2, 0.25) is 0 Å². The number of aryl methyl sites for hydroxylation is 5. The first-order valence-electron chi connectivity index (χ1n) is 32.8. The Morgan fingerprint density at radius 2 is 0.389 bits per heavy atom. The average Bonchev–Trinajstić information content (AvgIpc) is 0.945. The van der Waals surface area contributed by atoms with Gasteiger partial charge in [0.25, 0.3) is 0 Å². The summed E-state index contributed by atoms with van der Waals surface area (Å²) in [5, 5.41) is 0. The van der Waals surface area contributed by atoms with Crippen LogP contribution in [0.15, 0.2) is 394 Å². The highest BCUT2D eigenvalue weighted by Gasteiger charge is 2.11. The molecule has 0 unspecified atom stereocenters. The number of rotatable bonds is 10. The Labute approximate surface area is 564 Å². The molecule has 0 amide bonds. The molecule has 0 saturated heterocycles. The van der Waals surface area contributed by atoms with Crippen LogP contribution in [0, 0.1) is 34.6 Å². The highest BCUT2D eigenvalue weighted by atomic mass is 14.2. The summed E-state index contributed by atoms with van der Waals surface area (Å²) in [6.07, 6.45) is 0. The van der Waals surface area contributed by atoms with Gasteiger partial charge in [0.2, 0.25) is 0 Å². The molecule has 95 heavy (non-hydrogen) atoms. The van der Waals surface area contributed by atoms with Crippen molar-refractivity contribution in [2.75, 3.05) is 0 Å². The number of hydrogen-bond acceptors (Lipinski definition) is 0. The molecule has 15 aromatic carbocycles. The molecule has 0 aliphatic carbocycles. The Morgan fingerprint density at radius 3 is 0.789 bits per heavy atom. The van der Waals surface area contributed by atoms with Crippen molar-refractivity contribution in [3.05, 3.63) is 422 Å². The summed E-state index contributed by atoms with van der Waals surface area (Å²) in [5.74, 6) is 0. The van der Waals surface area contributed by atoms with Crippen molar-refractivity contribution in [3.63, 3.8) is 0 Å². The molecule has 460 valence electrons. The predicted molar refractivity (Wildman–Crippen MR) is 410 cm³/mol. The standard InChI is InChI=1S/5C19H16/c1-15-12-18(16-8-4-2-5-9-16)14-19(13-15)17-10-6-3-7-11-17;1-15-12-13-18(16-8-4-2-5-9-16)14-19(15)17-10-6-3-7-11-17;1-15-9-5-6-12-17(15)19-14-8-7-13-18(19)16-10-3-2-4-11-16;1-15-8-7-11-17(14-15)19-13-6-5-12-18(19)16-9-3-2-4-10-16;1-15-11-13-17(14-12-15)19-10-6-5-9-18(19)16-7-3-2-4-8-16/h5*2-14H,1H3. The minimum absolute atomic E-state index is 1.26. The van der Waals surface area contributed by atoms with Crippen LogP contribution in [0.1, 0.15) is 27.8 Å². The zero-order valence-electron chi connectivity index (χ0n) is 55.0. The lowest BCUT2D eigenvalue weighted by molar-refractivity contribution is 1.45. The maximum absolute atomic E-state index is 2.28. The normalized spacial score (nSPS) is 10.4. The third-order valence-electron chi connectivity index (χ3n) is 16.9. The van der Waals surface area contributed by atoms with Gasteiger partial charge >= 0.3 is 0 Å². The largest absolute Gasteiger partial charge is 0.0622 e. The van der Waals surface area contributed by atoms with E-state index in [2.05, 4.69) is 429 Å². The molecule has 0 spiro atoms. The second-order valence-corrected chi connectivity index (χ2v) is 23.9. The fraction of sp³-hybridized carbons (Fsp3) is 0.0526. The zero-order chi connectivity index (χ0) is 65.4. The Hall–Kier alpha value is -11.7. The lowest BCUT2D eigenvalue weighted by Crippen LogP contribution is -1.87. The molecule has 0 aliphatic rings. The third-order valence-corrected chi connectivity index (χ3v) is 16.9. The number of hydrogen-bond donors (Lipinski definition) is 0. The van der Waals surface area contributed by atoms with Crippen molar-refractivity contribution in [1.29, 1.82) is 0 Å².